The molecule has 1 aliphatic heterocycles. The van der Waals surface area contributed by atoms with Gasteiger partial charge in [-0.25, -0.2) is 0 Å². The van der Waals surface area contributed by atoms with Crippen LogP contribution >= 0.6 is 0 Å². The third kappa shape index (κ3) is 5.83. The summed E-state index contributed by atoms with van der Waals surface area (Å²) in [6, 6.07) is 9.44. The van der Waals surface area contributed by atoms with Gasteiger partial charge in [0.05, 0.1) is 11.8 Å². The molecule has 0 amide bonds. The number of piperidine rings is 1. The highest BCUT2D eigenvalue weighted by atomic mass is 16.6. The minimum Gasteiger partial charge on any atom is -0.490 e. The number of ether oxygens (including phenoxy) is 2. The molecule has 3 unspecified atom stereocenters. The molecule has 1 aliphatic carbocycles. The fraction of sp³-hybridized carbons (Fsp3) is 0.545. The number of rotatable bonds is 8. The normalized spacial score (nSPS) is 23.7. The van der Waals surface area contributed by atoms with Gasteiger partial charge in [-0.3, -0.25) is 14.5 Å². The molecule has 0 aromatic heterocycles. The standard InChI is InChI=1S/C22H29NO5/c24-21(25)19-11-5-6-12-20(19)22(26)28-18(15-23-13-7-2-8-14-23)16-27-17-9-3-1-4-10-17/h1,3-6,9-10,18-20H,2,7-8,11-16H2,(H,24,25). The van der Waals surface area contributed by atoms with Crippen molar-refractivity contribution in [3.05, 3.63) is 42.5 Å². The van der Waals surface area contributed by atoms with Gasteiger partial charge >= 0.3 is 11.9 Å². The zero-order chi connectivity index (χ0) is 19.8. The lowest BCUT2D eigenvalue weighted by Crippen LogP contribution is -2.43. The Labute approximate surface area is 166 Å². The van der Waals surface area contributed by atoms with Gasteiger partial charge < -0.3 is 14.6 Å². The van der Waals surface area contributed by atoms with Crippen molar-refractivity contribution in [2.45, 2.75) is 38.2 Å². The minimum absolute atomic E-state index is 0.256. The smallest absolute Gasteiger partial charge is 0.310 e. The molecule has 6 heteroatoms. The van der Waals surface area contributed by atoms with Crippen LogP contribution < -0.4 is 4.74 Å². The summed E-state index contributed by atoms with van der Waals surface area (Å²) in [7, 11) is 0. The summed E-state index contributed by atoms with van der Waals surface area (Å²) in [5.74, 6) is -2.01. The lowest BCUT2D eigenvalue weighted by molar-refractivity contribution is -0.164. The highest BCUT2D eigenvalue weighted by Gasteiger charge is 2.36. The highest BCUT2D eigenvalue weighted by Crippen LogP contribution is 2.27. The predicted molar refractivity (Wildman–Crippen MR) is 105 cm³/mol. The Balaban J connectivity index is 1.63. The number of hydrogen-bond acceptors (Lipinski definition) is 5. The first-order valence-electron chi connectivity index (χ1n) is 10.1. The Kier molecular flexibility index (Phi) is 7.48. The van der Waals surface area contributed by atoms with E-state index < -0.39 is 29.9 Å². The maximum atomic E-state index is 12.8. The highest BCUT2D eigenvalue weighted by molar-refractivity contribution is 5.81. The van der Waals surface area contributed by atoms with E-state index in [1.54, 1.807) is 0 Å². The molecule has 3 rings (SSSR count). The zero-order valence-corrected chi connectivity index (χ0v) is 16.2. The zero-order valence-electron chi connectivity index (χ0n) is 16.2. The molecule has 1 saturated heterocycles. The average Bonchev–Trinajstić information content (AvgIpc) is 2.73. The van der Waals surface area contributed by atoms with Gasteiger partial charge in [-0.2, -0.15) is 0 Å². The summed E-state index contributed by atoms with van der Waals surface area (Å²) in [6.07, 6.45) is 7.57. The number of carbonyl (C=O) groups excluding carboxylic acids is 1. The lowest BCUT2D eigenvalue weighted by Gasteiger charge is -2.31. The number of likely N-dealkylation sites (tertiary alicyclic amines) is 1. The van der Waals surface area contributed by atoms with Gasteiger partial charge in [0, 0.05) is 6.54 Å². The molecule has 3 atom stereocenters. The number of allylic oxidation sites excluding steroid dienone is 2. The Bertz CT molecular complexity index is 669. The molecule has 2 aliphatic rings. The van der Waals surface area contributed by atoms with E-state index in [0.29, 0.717) is 19.4 Å². The molecular weight excluding hydrogens is 358 g/mol. The molecule has 0 spiro atoms. The minimum atomic E-state index is -0.945. The second-order valence-electron chi connectivity index (χ2n) is 7.54. The number of nitrogens with zero attached hydrogens (tertiary/aromatic N) is 1. The van der Waals surface area contributed by atoms with Crippen LogP contribution in [0.2, 0.25) is 0 Å². The number of hydrogen-bond donors (Lipinski definition) is 1. The van der Waals surface area contributed by atoms with E-state index in [4.69, 9.17) is 9.47 Å². The van der Waals surface area contributed by atoms with Crippen molar-refractivity contribution in [1.29, 1.82) is 0 Å². The van der Waals surface area contributed by atoms with Gasteiger partial charge in [-0.15, -0.1) is 0 Å². The van der Waals surface area contributed by atoms with Gasteiger partial charge in [0.25, 0.3) is 0 Å². The van der Waals surface area contributed by atoms with Crippen molar-refractivity contribution >= 4 is 11.9 Å². The molecule has 1 aromatic carbocycles. The summed E-state index contributed by atoms with van der Waals surface area (Å²) in [6.45, 7) is 2.85. The van der Waals surface area contributed by atoms with E-state index in [2.05, 4.69) is 4.90 Å². The van der Waals surface area contributed by atoms with Crippen molar-refractivity contribution in [2.75, 3.05) is 26.2 Å². The van der Waals surface area contributed by atoms with Crippen molar-refractivity contribution < 1.29 is 24.2 Å². The number of aliphatic carboxylic acids is 1. The third-order valence-electron chi connectivity index (χ3n) is 5.42. The monoisotopic (exact) mass is 387 g/mol. The molecule has 0 radical (unpaired) electrons. The molecule has 0 saturated carbocycles. The quantitative estimate of drug-likeness (QED) is 0.546. The second kappa shape index (κ2) is 10.3. The van der Waals surface area contributed by atoms with Crippen LogP contribution in [0.1, 0.15) is 32.1 Å². The molecule has 1 N–H and O–H groups in total. The van der Waals surface area contributed by atoms with Crippen molar-refractivity contribution in [3.63, 3.8) is 0 Å². The van der Waals surface area contributed by atoms with Crippen LogP contribution in [0.3, 0.4) is 0 Å². The lowest BCUT2D eigenvalue weighted by atomic mass is 9.83. The predicted octanol–water partition coefficient (Wildman–Crippen LogP) is 3.13. The maximum Gasteiger partial charge on any atom is 0.310 e. The number of benzene rings is 1. The fourth-order valence-corrected chi connectivity index (χ4v) is 3.86. The van der Waals surface area contributed by atoms with E-state index >= 15 is 0 Å². The Morgan fingerprint density at radius 1 is 1.04 bits per heavy atom. The molecule has 0 bridgehead atoms. The van der Waals surface area contributed by atoms with Gasteiger partial charge in [0.15, 0.2) is 0 Å². The number of esters is 1. The second-order valence-corrected chi connectivity index (χ2v) is 7.54. The van der Waals surface area contributed by atoms with Crippen LogP contribution in [0, 0.1) is 11.8 Å². The topological polar surface area (TPSA) is 76.1 Å². The summed E-state index contributed by atoms with van der Waals surface area (Å²) in [5.41, 5.74) is 0. The Hall–Kier alpha value is -2.34. The molecule has 6 nitrogen and oxygen atoms in total. The molecule has 1 heterocycles. The fourth-order valence-electron chi connectivity index (χ4n) is 3.86. The van der Waals surface area contributed by atoms with Crippen molar-refractivity contribution in [2.24, 2.45) is 11.8 Å². The van der Waals surface area contributed by atoms with Gasteiger partial charge in [-0.05, 0) is 50.9 Å². The average molecular weight is 387 g/mol. The summed E-state index contributed by atoms with van der Waals surface area (Å²) < 4.78 is 11.6. The van der Waals surface area contributed by atoms with Gasteiger partial charge in [0.1, 0.15) is 18.5 Å². The van der Waals surface area contributed by atoms with Crippen molar-refractivity contribution in [3.8, 4) is 5.75 Å². The SMILES string of the molecule is O=C(O)C1CC=CCC1C(=O)OC(COc1ccccc1)CN1CCCCC1. The summed E-state index contributed by atoms with van der Waals surface area (Å²) in [4.78, 5) is 26.6. The van der Waals surface area contributed by atoms with Crippen LogP contribution in [-0.2, 0) is 14.3 Å². The first-order valence-corrected chi connectivity index (χ1v) is 10.1. The number of carbonyl (C=O) groups is 2. The van der Waals surface area contributed by atoms with E-state index in [1.165, 1.54) is 6.42 Å². The van der Waals surface area contributed by atoms with E-state index in [0.717, 1.165) is 31.7 Å². The third-order valence-corrected chi connectivity index (χ3v) is 5.42. The first kappa shape index (κ1) is 20.4. The van der Waals surface area contributed by atoms with E-state index in [1.807, 2.05) is 42.5 Å². The van der Waals surface area contributed by atoms with Crippen LogP contribution in [0.5, 0.6) is 5.75 Å². The van der Waals surface area contributed by atoms with Gasteiger partial charge in [-0.1, -0.05) is 36.8 Å². The Morgan fingerprint density at radius 3 is 2.39 bits per heavy atom. The van der Waals surface area contributed by atoms with Crippen LogP contribution in [0.15, 0.2) is 42.5 Å². The molecular formula is C22H29NO5. The van der Waals surface area contributed by atoms with E-state index in [9.17, 15) is 14.7 Å². The summed E-state index contributed by atoms with van der Waals surface area (Å²) >= 11 is 0. The molecule has 1 fully saturated rings. The first-order chi connectivity index (χ1) is 13.6. The number of carboxylic acids is 1. The Morgan fingerprint density at radius 2 is 1.71 bits per heavy atom. The molecule has 1 aromatic rings. The molecule has 28 heavy (non-hydrogen) atoms. The number of carboxylic acid groups (broad SMARTS) is 1. The van der Waals surface area contributed by atoms with Crippen molar-refractivity contribution in [1.82, 2.24) is 4.90 Å². The number of para-hydroxylation sites is 1. The maximum absolute atomic E-state index is 12.8. The van der Waals surface area contributed by atoms with Crippen LogP contribution in [-0.4, -0.2) is 54.3 Å². The summed E-state index contributed by atoms with van der Waals surface area (Å²) in [5, 5.41) is 9.43. The van der Waals surface area contributed by atoms with Gasteiger partial charge in [0.2, 0.25) is 0 Å². The molecule has 152 valence electrons. The van der Waals surface area contributed by atoms with Crippen LogP contribution in [0.4, 0.5) is 0 Å². The van der Waals surface area contributed by atoms with E-state index in [-0.39, 0.29) is 6.61 Å². The van der Waals surface area contributed by atoms with Crippen LogP contribution in [0.25, 0.3) is 0 Å². The largest absolute Gasteiger partial charge is 0.490 e.